The molecule has 1 aliphatic rings. The molecule has 34 heavy (non-hydrogen) atoms. The van der Waals surface area contributed by atoms with Crippen molar-refractivity contribution in [2.75, 3.05) is 4.90 Å². The molecule has 4 aromatic rings. The normalized spacial score (nSPS) is 15.5. The number of amides is 1. The minimum absolute atomic E-state index is 0.0548. The van der Waals surface area contributed by atoms with Crippen molar-refractivity contribution < 1.29 is 22.4 Å². The lowest BCUT2D eigenvalue weighted by molar-refractivity contribution is -0.137. The van der Waals surface area contributed by atoms with Crippen LogP contribution < -0.4 is 4.90 Å². The Bertz CT molecular complexity index is 1430. The lowest BCUT2D eigenvalue weighted by atomic mass is 10.1. The van der Waals surface area contributed by atoms with Gasteiger partial charge in [-0.15, -0.1) is 10.2 Å². The van der Waals surface area contributed by atoms with Gasteiger partial charge in [-0.25, -0.2) is 0 Å². The Balaban J connectivity index is 1.40. The zero-order valence-corrected chi connectivity index (χ0v) is 18.5. The Hall–Kier alpha value is -3.77. The Labute approximate surface area is 199 Å². The van der Waals surface area contributed by atoms with Gasteiger partial charge in [0, 0.05) is 17.2 Å². The maximum atomic E-state index is 13.1. The van der Waals surface area contributed by atoms with Gasteiger partial charge in [0.2, 0.25) is 5.82 Å². The Morgan fingerprint density at radius 2 is 1.85 bits per heavy atom. The van der Waals surface area contributed by atoms with Crippen molar-refractivity contribution in [1.82, 2.24) is 20.6 Å². The van der Waals surface area contributed by atoms with E-state index >= 15 is 0 Å². The zero-order chi connectivity index (χ0) is 23.9. The highest BCUT2D eigenvalue weighted by molar-refractivity contribution is 8.27. The molecule has 0 aliphatic carbocycles. The number of aromatic amines is 1. The second-order valence-electron chi connectivity index (χ2n) is 7.08. The summed E-state index contributed by atoms with van der Waals surface area (Å²) in [6.07, 6.45) is -3.02. The number of thiocarbonyl (C=S) groups is 1. The summed E-state index contributed by atoms with van der Waals surface area (Å²) in [7, 11) is 0. The van der Waals surface area contributed by atoms with E-state index in [0.717, 1.165) is 39.9 Å². The van der Waals surface area contributed by atoms with Crippen molar-refractivity contribution in [2.45, 2.75) is 6.18 Å². The summed E-state index contributed by atoms with van der Waals surface area (Å²) < 4.78 is 45.3. The van der Waals surface area contributed by atoms with E-state index in [1.165, 1.54) is 18.2 Å². The van der Waals surface area contributed by atoms with E-state index in [2.05, 4.69) is 20.6 Å². The molecule has 7 nitrogen and oxygen atoms in total. The van der Waals surface area contributed by atoms with Crippen LogP contribution in [-0.4, -0.2) is 30.9 Å². The molecule has 0 bridgehead atoms. The van der Waals surface area contributed by atoms with Crippen molar-refractivity contribution in [2.24, 2.45) is 0 Å². The molecule has 0 spiro atoms. The molecule has 2 aromatic carbocycles. The molecule has 12 heteroatoms. The van der Waals surface area contributed by atoms with Gasteiger partial charge in [-0.1, -0.05) is 48.2 Å². The van der Waals surface area contributed by atoms with E-state index in [1.54, 1.807) is 12.1 Å². The van der Waals surface area contributed by atoms with Gasteiger partial charge < -0.3 is 4.42 Å². The smallest absolute Gasteiger partial charge is 0.416 e. The number of aromatic nitrogens is 4. The SMILES string of the molecule is O=C1/C(=C/c2ccc(-c3cccc(-c4nn[nH]n4)c3)o2)SC(=S)N1c1cccc(C(F)(F)F)c1. The predicted molar refractivity (Wildman–Crippen MR) is 124 cm³/mol. The van der Waals surface area contributed by atoms with Crippen molar-refractivity contribution in [3.8, 4) is 22.7 Å². The van der Waals surface area contributed by atoms with E-state index in [9.17, 15) is 18.0 Å². The van der Waals surface area contributed by atoms with E-state index < -0.39 is 17.6 Å². The third kappa shape index (κ3) is 4.24. The van der Waals surface area contributed by atoms with E-state index in [4.69, 9.17) is 16.6 Å². The summed E-state index contributed by atoms with van der Waals surface area (Å²) in [6, 6.07) is 15.2. The maximum Gasteiger partial charge on any atom is 0.416 e. The summed E-state index contributed by atoms with van der Waals surface area (Å²) in [4.78, 5) is 14.3. The summed E-state index contributed by atoms with van der Waals surface area (Å²) in [5, 5.41) is 13.9. The van der Waals surface area contributed by atoms with Crippen LogP contribution in [0.25, 0.3) is 28.8 Å². The van der Waals surface area contributed by atoms with Gasteiger partial charge in [0.15, 0.2) is 4.32 Å². The van der Waals surface area contributed by atoms with Crippen LogP contribution in [0.3, 0.4) is 0 Å². The number of alkyl halides is 3. The van der Waals surface area contributed by atoms with Crippen LogP contribution in [0.4, 0.5) is 18.9 Å². The molecule has 1 N–H and O–H groups in total. The van der Waals surface area contributed by atoms with Gasteiger partial charge in [-0.3, -0.25) is 9.69 Å². The fraction of sp³-hybridized carbons (Fsp3) is 0.0455. The van der Waals surface area contributed by atoms with Crippen molar-refractivity contribution in [3.05, 3.63) is 76.9 Å². The predicted octanol–water partition coefficient (Wildman–Crippen LogP) is 5.55. The number of nitrogens with one attached hydrogen (secondary N) is 1. The van der Waals surface area contributed by atoms with Crippen LogP contribution in [0, 0.1) is 0 Å². The van der Waals surface area contributed by atoms with Crippen LogP contribution >= 0.6 is 24.0 Å². The molecule has 3 heterocycles. The molecular weight excluding hydrogens is 487 g/mol. The minimum Gasteiger partial charge on any atom is -0.457 e. The monoisotopic (exact) mass is 499 g/mol. The Morgan fingerprint density at radius 3 is 2.62 bits per heavy atom. The quantitative estimate of drug-likeness (QED) is 0.291. The van der Waals surface area contributed by atoms with Gasteiger partial charge in [-0.2, -0.15) is 18.4 Å². The number of H-pyrrole nitrogens is 1. The molecule has 1 amide bonds. The van der Waals surface area contributed by atoms with Crippen LogP contribution in [0.1, 0.15) is 11.3 Å². The number of thioether (sulfide) groups is 1. The van der Waals surface area contributed by atoms with Crippen LogP contribution in [0.5, 0.6) is 0 Å². The molecule has 0 saturated carbocycles. The summed E-state index contributed by atoms with van der Waals surface area (Å²) in [5.74, 6) is 0.854. The highest BCUT2D eigenvalue weighted by atomic mass is 32.2. The van der Waals surface area contributed by atoms with Gasteiger partial charge in [0.25, 0.3) is 5.91 Å². The topological polar surface area (TPSA) is 87.9 Å². The molecule has 1 saturated heterocycles. The number of carbonyl (C=O) groups excluding carboxylic acids is 1. The van der Waals surface area contributed by atoms with E-state index in [0.29, 0.717) is 17.3 Å². The molecule has 5 rings (SSSR count). The number of anilines is 1. The third-order valence-electron chi connectivity index (χ3n) is 4.88. The zero-order valence-electron chi connectivity index (χ0n) is 16.9. The second-order valence-corrected chi connectivity index (χ2v) is 8.76. The van der Waals surface area contributed by atoms with Crippen molar-refractivity contribution >= 4 is 46.0 Å². The van der Waals surface area contributed by atoms with Gasteiger partial charge in [0.1, 0.15) is 11.5 Å². The fourth-order valence-corrected chi connectivity index (χ4v) is 4.60. The first-order valence-electron chi connectivity index (χ1n) is 9.69. The summed E-state index contributed by atoms with van der Waals surface area (Å²) >= 11 is 6.25. The first kappa shape index (κ1) is 22.0. The van der Waals surface area contributed by atoms with Gasteiger partial charge in [0.05, 0.1) is 16.2 Å². The average Bonchev–Trinajstić information content (AvgIpc) is 3.56. The average molecular weight is 499 g/mol. The number of tetrazole rings is 1. The number of nitrogens with zero attached hydrogens (tertiary/aromatic N) is 4. The van der Waals surface area contributed by atoms with E-state index in [1.807, 2.05) is 24.3 Å². The number of furan rings is 1. The highest BCUT2D eigenvalue weighted by Gasteiger charge is 2.36. The lowest BCUT2D eigenvalue weighted by Crippen LogP contribution is -2.27. The maximum absolute atomic E-state index is 13.1. The van der Waals surface area contributed by atoms with Crippen LogP contribution in [0.2, 0.25) is 0 Å². The van der Waals surface area contributed by atoms with Crippen LogP contribution in [-0.2, 0) is 11.0 Å². The van der Waals surface area contributed by atoms with E-state index in [-0.39, 0.29) is 14.9 Å². The Kier molecular flexibility index (Phi) is 5.54. The van der Waals surface area contributed by atoms with Gasteiger partial charge >= 0.3 is 6.18 Å². The first-order chi connectivity index (χ1) is 16.3. The number of rotatable bonds is 4. The molecule has 0 unspecified atom stereocenters. The largest absolute Gasteiger partial charge is 0.457 e. The summed E-state index contributed by atoms with van der Waals surface area (Å²) in [6.45, 7) is 0. The summed E-state index contributed by atoms with van der Waals surface area (Å²) in [5.41, 5.74) is 0.700. The number of hydrogen-bond donors (Lipinski definition) is 1. The number of carbonyl (C=O) groups is 1. The molecule has 1 aliphatic heterocycles. The lowest BCUT2D eigenvalue weighted by Gasteiger charge is -2.16. The molecular formula is C22H12F3N5O2S2. The minimum atomic E-state index is -4.53. The number of halogens is 3. The number of benzene rings is 2. The molecule has 1 fully saturated rings. The van der Waals surface area contributed by atoms with Crippen molar-refractivity contribution in [3.63, 3.8) is 0 Å². The molecule has 2 aromatic heterocycles. The molecule has 0 atom stereocenters. The fourth-order valence-electron chi connectivity index (χ4n) is 3.32. The third-order valence-corrected chi connectivity index (χ3v) is 6.18. The number of hydrogen-bond acceptors (Lipinski definition) is 7. The van der Waals surface area contributed by atoms with Crippen LogP contribution in [0.15, 0.2) is 70.0 Å². The standard InChI is InChI=1S/C22H12F3N5O2S2/c23-22(24,25)14-5-2-6-15(10-14)30-20(31)18(34-21(30)33)11-16-7-8-17(32-16)12-3-1-4-13(9-12)19-26-28-29-27-19/h1-11H,(H,26,27,28,29)/b18-11-. The van der Waals surface area contributed by atoms with Gasteiger partial charge in [-0.05, 0) is 41.6 Å². The van der Waals surface area contributed by atoms with Crippen molar-refractivity contribution in [1.29, 1.82) is 0 Å². The first-order valence-corrected chi connectivity index (χ1v) is 10.9. The highest BCUT2D eigenvalue weighted by Crippen LogP contribution is 2.39. The molecule has 170 valence electrons. The Morgan fingerprint density at radius 1 is 1.06 bits per heavy atom. The molecule has 0 radical (unpaired) electrons. The second kappa shape index (κ2) is 8.54.